The second-order valence-electron chi connectivity index (χ2n) is 4.37. The van der Waals surface area contributed by atoms with Gasteiger partial charge in [-0.25, -0.2) is 0 Å². The van der Waals surface area contributed by atoms with Crippen LogP contribution in [0.5, 0.6) is 17.2 Å². The van der Waals surface area contributed by atoms with Gasteiger partial charge in [-0.05, 0) is 13.8 Å². The Bertz CT molecular complexity index is 555. The Morgan fingerprint density at radius 1 is 1.14 bits per heavy atom. The minimum absolute atomic E-state index is 0.325. The zero-order valence-electron chi connectivity index (χ0n) is 12.6. The van der Waals surface area contributed by atoms with Crippen LogP contribution in [0.4, 0.5) is 5.69 Å². The van der Waals surface area contributed by atoms with Crippen molar-refractivity contribution in [1.29, 1.82) is 0 Å². The number of hydrogen-bond acceptors (Lipinski definition) is 5. The van der Waals surface area contributed by atoms with Crippen LogP contribution in [-0.4, -0.2) is 38.3 Å². The van der Waals surface area contributed by atoms with Gasteiger partial charge in [-0.1, -0.05) is 0 Å². The fourth-order valence-electron chi connectivity index (χ4n) is 1.87. The third kappa shape index (κ3) is 3.36. The smallest absolute Gasteiger partial charge is 0.315 e. The van der Waals surface area contributed by atoms with Gasteiger partial charge in [-0.15, -0.1) is 0 Å². The van der Waals surface area contributed by atoms with E-state index < -0.39 is 17.8 Å². The summed E-state index contributed by atoms with van der Waals surface area (Å²) >= 11 is 0. The predicted octanol–water partition coefficient (Wildman–Crippen LogP) is 1.68. The molecular weight excluding hydrogens is 278 g/mol. The molecule has 21 heavy (non-hydrogen) atoms. The number of nitrogens with one attached hydrogen (secondary N) is 1. The van der Waals surface area contributed by atoms with Crippen LogP contribution in [0.2, 0.25) is 0 Å². The predicted molar refractivity (Wildman–Crippen MR) is 76.3 cm³/mol. The van der Waals surface area contributed by atoms with Crippen molar-refractivity contribution in [2.24, 2.45) is 5.92 Å². The second kappa shape index (κ2) is 6.83. The Labute approximate surface area is 122 Å². The molecule has 0 bridgehead atoms. The summed E-state index contributed by atoms with van der Waals surface area (Å²) in [6, 6.07) is 1.52. The lowest BCUT2D eigenvalue weighted by Gasteiger charge is -2.18. The van der Waals surface area contributed by atoms with Crippen LogP contribution in [0.15, 0.2) is 6.07 Å². The van der Waals surface area contributed by atoms with Gasteiger partial charge in [-0.3, -0.25) is 9.59 Å². The number of anilines is 1. The summed E-state index contributed by atoms with van der Waals surface area (Å²) in [5.74, 6) is -1.74. The molecular formula is C14H19NO6. The van der Waals surface area contributed by atoms with E-state index in [4.69, 9.17) is 19.3 Å². The molecule has 7 nitrogen and oxygen atoms in total. The highest BCUT2D eigenvalue weighted by atomic mass is 16.5. The van der Waals surface area contributed by atoms with E-state index in [1.54, 1.807) is 6.92 Å². The highest BCUT2D eigenvalue weighted by Gasteiger charge is 2.24. The molecule has 1 unspecified atom stereocenters. The molecule has 116 valence electrons. The molecule has 0 radical (unpaired) electrons. The number of aliphatic carboxylic acids is 1. The number of carboxylic acid groups (broad SMARTS) is 1. The van der Waals surface area contributed by atoms with Gasteiger partial charge in [0.25, 0.3) is 0 Å². The van der Waals surface area contributed by atoms with Crippen LogP contribution in [0, 0.1) is 12.8 Å². The average molecular weight is 297 g/mol. The lowest BCUT2D eigenvalue weighted by Crippen LogP contribution is -2.27. The van der Waals surface area contributed by atoms with E-state index in [0.29, 0.717) is 28.5 Å². The third-order valence-corrected chi connectivity index (χ3v) is 3.07. The SMILES string of the molecule is COc1cc(NC(=O)C(C)C(=O)O)c(OC)c(C)c1OC. The van der Waals surface area contributed by atoms with Gasteiger partial charge in [0.15, 0.2) is 11.5 Å². The summed E-state index contributed by atoms with van der Waals surface area (Å²) in [6.45, 7) is 3.05. The standard InChI is InChI=1S/C14H19NO6/c1-7-11(20-4)9(6-10(19-3)12(7)21-5)15-13(16)8(2)14(17)18/h6,8H,1-5H3,(H,15,16)(H,17,18). The molecule has 0 aliphatic heterocycles. The monoisotopic (exact) mass is 297 g/mol. The Morgan fingerprint density at radius 2 is 1.71 bits per heavy atom. The van der Waals surface area contributed by atoms with E-state index in [2.05, 4.69) is 5.32 Å². The number of amides is 1. The van der Waals surface area contributed by atoms with Gasteiger partial charge in [0.1, 0.15) is 11.7 Å². The quantitative estimate of drug-likeness (QED) is 0.776. The number of benzene rings is 1. The van der Waals surface area contributed by atoms with Gasteiger partial charge in [-0.2, -0.15) is 0 Å². The van der Waals surface area contributed by atoms with Crippen LogP contribution >= 0.6 is 0 Å². The highest BCUT2D eigenvalue weighted by Crippen LogP contribution is 2.42. The Hall–Kier alpha value is -2.44. The summed E-state index contributed by atoms with van der Waals surface area (Å²) in [4.78, 5) is 22.7. The van der Waals surface area contributed by atoms with E-state index in [0.717, 1.165) is 0 Å². The largest absolute Gasteiger partial charge is 0.494 e. The van der Waals surface area contributed by atoms with Crippen molar-refractivity contribution in [3.63, 3.8) is 0 Å². The van der Waals surface area contributed by atoms with E-state index in [-0.39, 0.29) is 0 Å². The zero-order chi connectivity index (χ0) is 16.2. The Kier molecular flexibility index (Phi) is 5.40. The van der Waals surface area contributed by atoms with Crippen molar-refractivity contribution in [3.8, 4) is 17.2 Å². The molecule has 1 rings (SSSR count). The molecule has 0 aliphatic carbocycles. The molecule has 0 saturated carbocycles. The topological polar surface area (TPSA) is 94.1 Å². The Morgan fingerprint density at radius 3 is 2.14 bits per heavy atom. The maximum atomic E-state index is 11.9. The number of rotatable bonds is 6. The molecule has 0 spiro atoms. The minimum Gasteiger partial charge on any atom is -0.494 e. The van der Waals surface area contributed by atoms with Crippen molar-refractivity contribution in [2.45, 2.75) is 13.8 Å². The number of carboxylic acids is 1. The average Bonchev–Trinajstić information content (AvgIpc) is 2.45. The zero-order valence-corrected chi connectivity index (χ0v) is 12.6. The number of methoxy groups -OCH3 is 3. The van der Waals surface area contributed by atoms with Crippen LogP contribution in [0.25, 0.3) is 0 Å². The summed E-state index contributed by atoms with van der Waals surface area (Å²) in [7, 11) is 4.41. The molecule has 0 fully saturated rings. The van der Waals surface area contributed by atoms with Crippen LogP contribution < -0.4 is 19.5 Å². The normalized spacial score (nSPS) is 11.5. The van der Waals surface area contributed by atoms with Gasteiger partial charge >= 0.3 is 5.97 Å². The van der Waals surface area contributed by atoms with Crippen molar-refractivity contribution < 1.29 is 28.9 Å². The van der Waals surface area contributed by atoms with Gasteiger partial charge in [0.2, 0.25) is 5.91 Å². The molecule has 0 aliphatic rings. The molecule has 2 N–H and O–H groups in total. The summed E-state index contributed by atoms with van der Waals surface area (Å²) in [5.41, 5.74) is 0.961. The van der Waals surface area contributed by atoms with Crippen molar-refractivity contribution in [1.82, 2.24) is 0 Å². The minimum atomic E-state index is -1.20. The maximum absolute atomic E-state index is 11.9. The number of hydrogen-bond donors (Lipinski definition) is 2. The summed E-state index contributed by atoms with van der Waals surface area (Å²) in [6.07, 6.45) is 0. The Balaban J connectivity index is 3.26. The fraction of sp³-hybridized carbons (Fsp3) is 0.429. The van der Waals surface area contributed by atoms with E-state index in [1.165, 1.54) is 34.3 Å². The maximum Gasteiger partial charge on any atom is 0.315 e. The van der Waals surface area contributed by atoms with Crippen LogP contribution in [0.1, 0.15) is 12.5 Å². The highest BCUT2D eigenvalue weighted by molar-refractivity contribution is 6.04. The molecule has 1 amide bonds. The van der Waals surface area contributed by atoms with Gasteiger partial charge in [0.05, 0.1) is 27.0 Å². The van der Waals surface area contributed by atoms with Crippen LogP contribution in [-0.2, 0) is 9.59 Å². The first-order valence-electron chi connectivity index (χ1n) is 6.20. The van der Waals surface area contributed by atoms with E-state index >= 15 is 0 Å². The van der Waals surface area contributed by atoms with Gasteiger partial charge < -0.3 is 24.6 Å². The summed E-state index contributed by atoms with van der Waals surface area (Å²) in [5, 5.41) is 11.4. The lowest BCUT2D eigenvalue weighted by molar-refractivity contribution is -0.144. The third-order valence-electron chi connectivity index (χ3n) is 3.07. The van der Waals surface area contributed by atoms with Crippen molar-refractivity contribution in [2.75, 3.05) is 26.6 Å². The van der Waals surface area contributed by atoms with Gasteiger partial charge in [0, 0.05) is 11.6 Å². The lowest BCUT2D eigenvalue weighted by atomic mass is 10.1. The van der Waals surface area contributed by atoms with Crippen molar-refractivity contribution in [3.05, 3.63) is 11.6 Å². The van der Waals surface area contributed by atoms with E-state index in [9.17, 15) is 9.59 Å². The number of ether oxygens (including phenoxy) is 3. The first kappa shape index (κ1) is 16.6. The molecule has 0 saturated heterocycles. The van der Waals surface area contributed by atoms with E-state index in [1.807, 2.05) is 0 Å². The number of carbonyl (C=O) groups excluding carboxylic acids is 1. The first-order valence-corrected chi connectivity index (χ1v) is 6.20. The van der Waals surface area contributed by atoms with Crippen LogP contribution in [0.3, 0.4) is 0 Å². The molecule has 1 aromatic carbocycles. The molecule has 0 aromatic heterocycles. The molecule has 7 heteroatoms. The number of carbonyl (C=O) groups is 2. The fourth-order valence-corrected chi connectivity index (χ4v) is 1.87. The first-order chi connectivity index (χ1) is 9.87. The second-order valence-corrected chi connectivity index (χ2v) is 4.37. The molecule has 0 heterocycles. The summed E-state index contributed by atoms with van der Waals surface area (Å²) < 4.78 is 15.7. The molecule has 1 atom stereocenters. The molecule has 1 aromatic rings. The van der Waals surface area contributed by atoms with Crippen molar-refractivity contribution >= 4 is 17.6 Å².